The summed E-state index contributed by atoms with van der Waals surface area (Å²) in [4.78, 5) is 0. The summed E-state index contributed by atoms with van der Waals surface area (Å²) in [6.07, 6.45) is 3.02. The monoisotopic (exact) mass is 179 g/mol. The molecule has 0 unspecified atom stereocenters. The molecule has 1 heterocycles. The van der Waals surface area contributed by atoms with E-state index in [1.807, 2.05) is 0 Å². The normalized spacial score (nSPS) is 25.8. The van der Waals surface area contributed by atoms with E-state index in [-0.39, 0.29) is 6.61 Å². The number of hydrogen-bond donors (Lipinski definition) is 1. The Hall–Kier alpha value is -0.220. The summed E-state index contributed by atoms with van der Waals surface area (Å²) in [5.41, 5.74) is 0. The van der Waals surface area contributed by atoms with E-state index in [2.05, 4.69) is 10.1 Å². The minimum atomic E-state index is -2.61. The van der Waals surface area contributed by atoms with E-state index in [1.54, 1.807) is 0 Å². The lowest BCUT2D eigenvalue weighted by Crippen LogP contribution is -2.16. The first-order valence-electron chi connectivity index (χ1n) is 4.39. The van der Waals surface area contributed by atoms with E-state index >= 15 is 0 Å². The van der Waals surface area contributed by atoms with Gasteiger partial charge in [0.2, 0.25) is 0 Å². The second-order valence-corrected chi connectivity index (χ2v) is 3.14. The standard InChI is InChI=1S/C8H15F2NO/c9-8(10)12-6-7-2-1-4-11-5-3-7/h7-8,11H,1-6H2/t7-/m0/s1. The molecule has 0 radical (unpaired) electrons. The van der Waals surface area contributed by atoms with E-state index < -0.39 is 6.61 Å². The van der Waals surface area contributed by atoms with Crippen LogP contribution in [-0.4, -0.2) is 26.3 Å². The third kappa shape index (κ3) is 3.97. The van der Waals surface area contributed by atoms with E-state index in [0.717, 1.165) is 32.4 Å². The average Bonchev–Trinajstić information content (AvgIpc) is 2.28. The van der Waals surface area contributed by atoms with Gasteiger partial charge in [0, 0.05) is 0 Å². The van der Waals surface area contributed by atoms with Gasteiger partial charge in [0.25, 0.3) is 0 Å². The molecule has 1 aliphatic rings. The molecule has 0 bridgehead atoms. The minimum Gasteiger partial charge on any atom is -0.323 e. The topological polar surface area (TPSA) is 21.3 Å². The first kappa shape index (κ1) is 9.86. The van der Waals surface area contributed by atoms with Crippen LogP contribution in [0.2, 0.25) is 0 Å². The predicted octanol–water partition coefficient (Wildman–Crippen LogP) is 1.62. The van der Waals surface area contributed by atoms with Gasteiger partial charge in [0.1, 0.15) is 0 Å². The fourth-order valence-electron chi connectivity index (χ4n) is 1.47. The van der Waals surface area contributed by atoms with E-state index in [1.165, 1.54) is 0 Å². The van der Waals surface area contributed by atoms with Crippen LogP contribution in [0.1, 0.15) is 19.3 Å². The Morgan fingerprint density at radius 2 is 2.17 bits per heavy atom. The van der Waals surface area contributed by atoms with Crippen molar-refractivity contribution < 1.29 is 13.5 Å². The van der Waals surface area contributed by atoms with Crippen LogP contribution in [0.5, 0.6) is 0 Å². The summed E-state index contributed by atoms with van der Waals surface area (Å²) in [5, 5.41) is 3.22. The first-order valence-corrected chi connectivity index (χ1v) is 4.39. The number of rotatable bonds is 3. The zero-order chi connectivity index (χ0) is 8.81. The number of alkyl halides is 2. The van der Waals surface area contributed by atoms with Crippen molar-refractivity contribution in [2.24, 2.45) is 5.92 Å². The van der Waals surface area contributed by atoms with Gasteiger partial charge in [-0.25, -0.2) is 0 Å². The van der Waals surface area contributed by atoms with Gasteiger partial charge in [-0.1, -0.05) is 0 Å². The Labute approximate surface area is 71.3 Å². The summed E-state index contributed by atoms with van der Waals surface area (Å²) in [6, 6.07) is 0. The summed E-state index contributed by atoms with van der Waals surface area (Å²) in [6.45, 7) is -0.469. The van der Waals surface area contributed by atoms with Gasteiger partial charge in [0.05, 0.1) is 6.61 Å². The molecular weight excluding hydrogens is 164 g/mol. The van der Waals surface area contributed by atoms with Crippen LogP contribution < -0.4 is 5.32 Å². The van der Waals surface area contributed by atoms with E-state index in [9.17, 15) is 8.78 Å². The van der Waals surface area contributed by atoms with Gasteiger partial charge in [-0.2, -0.15) is 8.78 Å². The molecule has 2 nitrogen and oxygen atoms in total. The molecule has 0 saturated carbocycles. The highest BCUT2D eigenvalue weighted by molar-refractivity contribution is 4.65. The Bertz CT molecular complexity index is 114. The van der Waals surface area contributed by atoms with Gasteiger partial charge in [-0.05, 0) is 38.3 Å². The fourth-order valence-corrected chi connectivity index (χ4v) is 1.47. The van der Waals surface area contributed by atoms with Crippen molar-refractivity contribution in [1.29, 1.82) is 0 Å². The molecule has 12 heavy (non-hydrogen) atoms. The lowest BCUT2D eigenvalue weighted by molar-refractivity contribution is -0.138. The highest BCUT2D eigenvalue weighted by Crippen LogP contribution is 2.14. The minimum absolute atomic E-state index is 0.208. The fraction of sp³-hybridized carbons (Fsp3) is 1.00. The lowest BCUT2D eigenvalue weighted by Gasteiger charge is -2.12. The van der Waals surface area contributed by atoms with Crippen LogP contribution in [0.25, 0.3) is 0 Å². The molecule has 1 atom stereocenters. The molecule has 1 N–H and O–H groups in total. The van der Waals surface area contributed by atoms with Crippen molar-refractivity contribution in [2.45, 2.75) is 25.9 Å². The van der Waals surface area contributed by atoms with Crippen molar-refractivity contribution >= 4 is 0 Å². The van der Waals surface area contributed by atoms with Crippen LogP contribution in [0.15, 0.2) is 0 Å². The Morgan fingerprint density at radius 1 is 1.33 bits per heavy atom. The summed E-state index contributed by atoms with van der Waals surface area (Å²) < 4.78 is 27.6. The zero-order valence-electron chi connectivity index (χ0n) is 7.06. The molecular formula is C8H15F2NO. The molecule has 1 rings (SSSR count). The maximum absolute atomic E-state index is 11.7. The van der Waals surface area contributed by atoms with Crippen molar-refractivity contribution in [2.75, 3.05) is 19.7 Å². The van der Waals surface area contributed by atoms with Crippen molar-refractivity contribution in [3.05, 3.63) is 0 Å². The van der Waals surface area contributed by atoms with Crippen LogP contribution in [0.4, 0.5) is 8.78 Å². The van der Waals surface area contributed by atoms with E-state index in [4.69, 9.17) is 0 Å². The second kappa shape index (κ2) is 5.43. The maximum Gasteiger partial charge on any atom is 0.345 e. The van der Waals surface area contributed by atoms with Crippen LogP contribution in [0, 0.1) is 5.92 Å². The second-order valence-electron chi connectivity index (χ2n) is 3.14. The quantitative estimate of drug-likeness (QED) is 0.710. The molecule has 0 aliphatic carbocycles. The van der Waals surface area contributed by atoms with Crippen LogP contribution in [0.3, 0.4) is 0 Å². The number of nitrogens with one attached hydrogen (secondary N) is 1. The Balaban J connectivity index is 2.12. The third-order valence-corrected chi connectivity index (χ3v) is 2.15. The van der Waals surface area contributed by atoms with Gasteiger partial charge < -0.3 is 10.1 Å². The highest BCUT2D eigenvalue weighted by atomic mass is 19.3. The summed E-state index contributed by atoms with van der Waals surface area (Å²) >= 11 is 0. The van der Waals surface area contributed by atoms with Gasteiger partial charge >= 0.3 is 6.61 Å². The Kier molecular flexibility index (Phi) is 4.46. The molecule has 72 valence electrons. The SMILES string of the molecule is FC(F)OC[C@H]1CCCNCC1. The molecule has 4 heteroatoms. The highest BCUT2D eigenvalue weighted by Gasteiger charge is 2.13. The molecule has 0 amide bonds. The summed E-state index contributed by atoms with van der Waals surface area (Å²) in [5.74, 6) is 0.314. The van der Waals surface area contributed by atoms with E-state index in [0.29, 0.717) is 5.92 Å². The van der Waals surface area contributed by atoms with Gasteiger partial charge in [0.15, 0.2) is 0 Å². The Morgan fingerprint density at radius 3 is 2.92 bits per heavy atom. The van der Waals surface area contributed by atoms with Crippen LogP contribution in [-0.2, 0) is 4.74 Å². The number of halogens is 2. The molecule has 0 aromatic rings. The average molecular weight is 179 g/mol. The lowest BCUT2D eigenvalue weighted by atomic mass is 10.0. The molecule has 0 spiro atoms. The predicted molar refractivity (Wildman–Crippen MR) is 42.2 cm³/mol. The third-order valence-electron chi connectivity index (χ3n) is 2.15. The van der Waals surface area contributed by atoms with Gasteiger partial charge in [-0.3, -0.25) is 0 Å². The van der Waals surface area contributed by atoms with Crippen molar-refractivity contribution in [3.8, 4) is 0 Å². The van der Waals surface area contributed by atoms with Crippen molar-refractivity contribution in [1.82, 2.24) is 5.32 Å². The molecule has 1 fully saturated rings. The summed E-state index contributed by atoms with van der Waals surface area (Å²) in [7, 11) is 0. The molecule has 1 saturated heterocycles. The molecule has 0 aromatic carbocycles. The largest absolute Gasteiger partial charge is 0.345 e. The van der Waals surface area contributed by atoms with Gasteiger partial charge in [-0.15, -0.1) is 0 Å². The number of ether oxygens (including phenoxy) is 1. The smallest absolute Gasteiger partial charge is 0.323 e. The first-order chi connectivity index (χ1) is 5.79. The molecule has 0 aromatic heterocycles. The van der Waals surface area contributed by atoms with Crippen molar-refractivity contribution in [3.63, 3.8) is 0 Å². The zero-order valence-corrected chi connectivity index (χ0v) is 7.06. The number of hydrogen-bond acceptors (Lipinski definition) is 2. The van der Waals surface area contributed by atoms with Crippen LogP contribution >= 0.6 is 0 Å². The molecule has 1 aliphatic heterocycles. The maximum atomic E-state index is 11.7.